The molecule has 82 valence electrons. The van der Waals surface area contributed by atoms with Crippen LogP contribution in [0.25, 0.3) is 0 Å². The van der Waals surface area contributed by atoms with Crippen molar-refractivity contribution in [2.45, 2.75) is 9.92 Å². The predicted molar refractivity (Wildman–Crippen MR) is 73.0 cm³/mol. The molecule has 1 heterocycles. The summed E-state index contributed by atoms with van der Waals surface area (Å²) in [6, 6.07) is 7.94. The van der Waals surface area contributed by atoms with Crippen LogP contribution in [0.5, 0.6) is 0 Å². The minimum absolute atomic E-state index is 0.421. The molecule has 2 aromatic rings. The quantitative estimate of drug-likeness (QED) is 0.700. The van der Waals surface area contributed by atoms with E-state index >= 15 is 0 Å². The lowest BCUT2D eigenvalue weighted by molar-refractivity contribution is 1.02. The molecule has 2 nitrogen and oxygen atoms in total. The normalized spacial score (nSPS) is 10.4. The average Bonchev–Trinajstić information content (AvgIpc) is 2.28. The van der Waals surface area contributed by atoms with Crippen molar-refractivity contribution in [3.8, 4) is 0 Å². The van der Waals surface area contributed by atoms with Crippen LogP contribution >= 0.6 is 55.2 Å². The van der Waals surface area contributed by atoms with Gasteiger partial charge in [-0.1, -0.05) is 35.5 Å². The first-order valence-corrected chi connectivity index (χ1v) is 7.05. The van der Waals surface area contributed by atoms with E-state index in [9.17, 15) is 0 Å². The zero-order valence-corrected chi connectivity index (χ0v) is 12.6. The highest BCUT2D eigenvalue weighted by Gasteiger charge is 2.09. The second kappa shape index (κ2) is 5.49. The number of benzene rings is 1. The van der Waals surface area contributed by atoms with Crippen LogP contribution in [0.15, 0.2) is 49.5 Å². The van der Waals surface area contributed by atoms with Gasteiger partial charge in [-0.2, -0.15) is 0 Å². The third-order valence-electron chi connectivity index (χ3n) is 1.76. The summed E-state index contributed by atoms with van der Waals surface area (Å²) >= 11 is 14.3. The summed E-state index contributed by atoms with van der Waals surface area (Å²) in [5, 5.41) is 1.22. The molecule has 0 aliphatic heterocycles. The number of hydrogen-bond acceptors (Lipinski definition) is 3. The van der Waals surface area contributed by atoms with E-state index in [1.807, 2.05) is 24.3 Å². The summed E-state index contributed by atoms with van der Waals surface area (Å²) in [6.45, 7) is 0. The molecule has 16 heavy (non-hydrogen) atoms. The Kier molecular flexibility index (Phi) is 4.24. The van der Waals surface area contributed by atoms with E-state index in [-0.39, 0.29) is 0 Å². The second-order valence-electron chi connectivity index (χ2n) is 2.82. The van der Waals surface area contributed by atoms with Gasteiger partial charge in [-0.3, -0.25) is 0 Å². The summed E-state index contributed by atoms with van der Waals surface area (Å²) in [7, 11) is 0. The monoisotopic (exact) mass is 378 g/mol. The van der Waals surface area contributed by atoms with Gasteiger partial charge in [0.25, 0.3) is 0 Å². The number of rotatable bonds is 2. The van der Waals surface area contributed by atoms with Crippen LogP contribution in [0.1, 0.15) is 0 Å². The Balaban J connectivity index is 2.35. The Labute approximate surface area is 119 Å². The van der Waals surface area contributed by atoms with Crippen LogP contribution in [0, 0.1) is 0 Å². The maximum Gasteiger partial charge on any atom is 0.147 e. The molecular formula is C10H5Br2ClN2S. The van der Waals surface area contributed by atoms with Crippen LogP contribution in [0.3, 0.4) is 0 Å². The first-order valence-electron chi connectivity index (χ1n) is 4.27. The third-order valence-corrected chi connectivity index (χ3v) is 5.32. The second-order valence-corrected chi connectivity index (χ2v) is 5.85. The third kappa shape index (κ3) is 2.77. The fourth-order valence-electron chi connectivity index (χ4n) is 1.04. The lowest BCUT2D eigenvalue weighted by Gasteiger charge is -2.05. The molecule has 0 aliphatic carbocycles. The number of aromatic nitrogens is 2. The van der Waals surface area contributed by atoms with E-state index in [0.717, 1.165) is 18.9 Å². The van der Waals surface area contributed by atoms with E-state index in [4.69, 9.17) is 11.6 Å². The summed E-state index contributed by atoms with van der Waals surface area (Å²) in [6.07, 6.45) is 1.45. The van der Waals surface area contributed by atoms with E-state index in [1.165, 1.54) is 18.1 Å². The highest BCUT2D eigenvalue weighted by atomic mass is 79.9. The molecule has 1 aromatic carbocycles. The van der Waals surface area contributed by atoms with Crippen molar-refractivity contribution in [1.29, 1.82) is 0 Å². The maximum atomic E-state index is 5.90. The Bertz CT molecular complexity index is 522. The molecular weight excluding hydrogens is 375 g/mol. The number of hydrogen-bond donors (Lipinski definition) is 0. The van der Waals surface area contributed by atoms with Crippen molar-refractivity contribution in [2.24, 2.45) is 0 Å². The van der Waals surface area contributed by atoms with Crippen molar-refractivity contribution >= 4 is 55.2 Å². The minimum atomic E-state index is 0.421. The summed E-state index contributed by atoms with van der Waals surface area (Å²) < 4.78 is 1.75. The molecule has 0 atom stereocenters. The Morgan fingerprint density at radius 3 is 2.62 bits per heavy atom. The van der Waals surface area contributed by atoms with Gasteiger partial charge in [-0.15, -0.1) is 0 Å². The van der Waals surface area contributed by atoms with Gasteiger partial charge >= 0.3 is 0 Å². The van der Waals surface area contributed by atoms with E-state index in [2.05, 4.69) is 41.8 Å². The molecule has 0 aliphatic rings. The molecule has 1 aromatic heterocycles. The molecule has 0 saturated carbocycles. The molecule has 0 radical (unpaired) electrons. The Hall–Kier alpha value is -0.100. The zero-order valence-electron chi connectivity index (χ0n) is 7.82. The highest BCUT2D eigenvalue weighted by molar-refractivity contribution is 9.11. The fraction of sp³-hybridized carbons (Fsp3) is 0. The van der Waals surface area contributed by atoms with Crippen molar-refractivity contribution in [2.75, 3.05) is 0 Å². The molecule has 0 unspecified atom stereocenters. The van der Waals surface area contributed by atoms with Crippen molar-refractivity contribution in [3.05, 3.63) is 44.7 Å². The standard InChI is InChI=1S/C10H5Br2ClN2S/c11-6-3-1-2-4-7(6)16-10-8(12)9(13)14-5-15-10/h1-5H. The molecule has 6 heteroatoms. The van der Waals surface area contributed by atoms with E-state index in [0.29, 0.717) is 5.15 Å². The van der Waals surface area contributed by atoms with Gasteiger partial charge < -0.3 is 0 Å². The van der Waals surface area contributed by atoms with E-state index < -0.39 is 0 Å². The fourth-order valence-corrected chi connectivity index (χ4v) is 3.01. The summed E-state index contributed by atoms with van der Waals surface area (Å²) in [4.78, 5) is 9.14. The van der Waals surface area contributed by atoms with E-state index in [1.54, 1.807) is 0 Å². The van der Waals surface area contributed by atoms with Gasteiger partial charge in [0.2, 0.25) is 0 Å². The van der Waals surface area contributed by atoms with Gasteiger partial charge in [0.1, 0.15) is 16.5 Å². The maximum absolute atomic E-state index is 5.90. The number of nitrogens with zero attached hydrogens (tertiary/aromatic N) is 2. The first kappa shape index (κ1) is 12.4. The number of halogens is 3. The van der Waals surface area contributed by atoms with Gasteiger partial charge in [-0.25, -0.2) is 9.97 Å². The Morgan fingerprint density at radius 1 is 1.12 bits per heavy atom. The summed E-state index contributed by atoms with van der Waals surface area (Å²) in [5.74, 6) is 0. The van der Waals surface area contributed by atoms with Crippen LogP contribution in [0.4, 0.5) is 0 Å². The van der Waals surface area contributed by atoms with Gasteiger partial charge in [-0.05, 0) is 44.0 Å². The van der Waals surface area contributed by atoms with Gasteiger partial charge in [0.05, 0.1) is 4.47 Å². The topological polar surface area (TPSA) is 25.8 Å². The minimum Gasteiger partial charge on any atom is -0.228 e. The van der Waals surface area contributed by atoms with Gasteiger partial charge in [0, 0.05) is 9.37 Å². The predicted octanol–water partition coefficient (Wildman–Crippen LogP) is 4.81. The van der Waals surface area contributed by atoms with Crippen molar-refractivity contribution < 1.29 is 0 Å². The average molecular weight is 380 g/mol. The van der Waals surface area contributed by atoms with Crippen molar-refractivity contribution in [3.63, 3.8) is 0 Å². The SMILES string of the molecule is Clc1ncnc(Sc2ccccc2Br)c1Br. The molecule has 0 spiro atoms. The zero-order chi connectivity index (χ0) is 11.5. The van der Waals surface area contributed by atoms with Crippen LogP contribution < -0.4 is 0 Å². The lowest BCUT2D eigenvalue weighted by Crippen LogP contribution is -1.86. The smallest absolute Gasteiger partial charge is 0.147 e. The largest absolute Gasteiger partial charge is 0.228 e. The van der Waals surface area contributed by atoms with Gasteiger partial charge in [0.15, 0.2) is 0 Å². The molecule has 0 fully saturated rings. The van der Waals surface area contributed by atoms with Crippen LogP contribution in [0.2, 0.25) is 5.15 Å². The molecule has 2 rings (SSSR count). The highest BCUT2D eigenvalue weighted by Crippen LogP contribution is 2.37. The lowest BCUT2D eigenvalue weighted by atomic mass is 10.4. The molecule has 0 amide bonds. The molecule has 0 bridgehead atoms. The van der Waals surface area contributed by atoms with Crippen LogP contribution in [-0.4, -0.2) is 9.97 Å². The molecule has 0 N–H and O–H groups in total. The van der Waals surface area contributed by atoms with Crippen LogP contribution in [-0.2, 0) is 0 Å². The first-order chi connectivity index (χ1) is 7.68. The van der Waals surface area contributed by atoms with Crippen molar-refractivity contribution in [1.82, 2.24) is 9.97 Å². The molecule has 0 saturated heterocycles. The Morgan fingerprint density at radius 2 is 1.88 bits per heavy atom. The summed E-state index contributed by atoms with van der Waals surface area (Å²) in [5.41, 5.74) is 0.